The van der Waals surface area contributed by atoms with Crippen molar-refractivity contribution in [1.82, 2.24) is 0 Å². The van der Waals surface area contributed by atoms with Gasteiger partial charge in [-0.3, -0.25) is 9.59 Å². The molecular weight excluding hydrogens is 240 g/mol. The van der Waals surface area contributed by atoms with Gasteiger partial charge in [-0.25, -0.2) is 0 Å². The summed E-state index contributed by atoms with van der Waals surface area (Å²) in [4.78, 5) is 20.9. The summed E-state index contributed by atoms with van der Waals surface area (Å²) in [5, 5.41) is 8.86. The van der Waals surface area contributed by atoms with Gasteiger partial charge in [-0.2, -0.15) is 0 Å². The van der Waals surface area contributed by atoms with Crippen LogP contribution in [0.4, 0.5) is 0 Å². The summed E-state index contributed by atoms with van der Waals surface area (Å²) in [5.41, 5.74) is 0. The Balaban J connectivity index is 0. The lowest BCUT2D eigenvalue weighted by Gasteiger charge is -2.13. The van der Waals surface area contributed by atoms with Crippen molar-refractivity contribution in [2.45, 2.75) is 78.7 Å². The molecule has 0 heterocycles. The molecule has 112 valence electrons. The Kier molecular flexibility index (Phi) is 16.2. The van der Waals surface area contributed by atoms with Gasteiger partial charge in [0.15, 0.2) is 5.78 Å². The van der Waals surface area contributed by atoms with E-state index in [1.807, 2.05) is 33.8 Å². The number of ketones is 2. The van der Waals surface area contributed by atoms with Crippen molar-refractivity contribution >= 4 is 11.6 Å². The topological polar surface area (TPSA) is 54.4 Å². The van der Waals surface area contributed by atoms with Crippen molar-refractivity contribution in [1.29, 1.82) is 0 Å². The number of aliphatic hydroxyl groups is 1. The van der Waals surface area contributed by atoms with E-state index in [9.17, 15) is 9.59 Å². The molecule has 2 aliphatic carbocycles. The third kappa shape index (κ3) is 13.3. The summed E-state index contributed by atoms with van der Waals surface area (Å²) in [6, 6.07) is 0. The first-order chi connectivity index (χ1) is 9.18. The summed E-state index contributed by atoms with van der Waals surface area (Å²) >= 11 is 0. The number of allylic oxidation sites excluding steroid dienone is 2. The van der Waals surface area contributed by atoms with Gasteiger partial charge < -0.3 is 5.11 Å². The molecule has 3 heteroatoms. The van der Waals surface area contributed by atoms with Gasteiger partial charge in [-0.15, -0.1) is 0 Å². The lowest BCUT2D eigenvalue weighted by molar-refractivity contribution is -0.123. The highest BCUT2D eigenvalue weighted by molar-refractivity contribution is 5.90. The molecule has 0 saturated heterocycles. The monoisotopic (exact) mass is 270 g/mol. The van der Waals surface area contributed by atoms with E-state index in [4.69, 9.17) is 5.11 Å². The molecule has 1 unspecified atom stereocenters. The van der Waals surface area contributed by atoms with Crippen LogP contribution in [0.25, 0.3) is 0 Å². The number of Topliss-reactive ketones (excluding diaryl/α,β-unsaturated/α-hetero) is 1. The molecule has 0 amide bonds. The van der Waals surface area contributed by atoms with E-state index in [0.29, 0.717) is 12.8 Å². The maximum Gasteiger partial charge on any atom is 0.155 e. The van der Waals surface area contributed by atoms with Gasteiger partial charge in [0.25, 0.3) is 0 Å². The molecule has 0 bridgehead atoms. The fraction of sp³-hybridized carbons (Fsp3) is 0.750. The van der Waals surface area contributed by atoms with Crippen molar-refractivity contribution < 1.29 is 14.7 Å². The quantitative estimate of drug-likeness (QED) is 0.727. The zero-order chi connectivity index (χ0) is 15.1. The minimum Gasteiger partial charge on any atom is -0.393 e. The fourth-order valence-electron chi connectivity index (χ4n) is 1.69. The van der Waals surface area contributed by atoms with E-state index in [1.165, 1.54) is 0 Å². The molecular formula is C16H30O3. The normalized spacial score (nSPS) is 21.0. The smallest absolute Gasteiger partial charge is 0.155 e. The highest BCUT2D eigenvalue weighted by Gasteiger charge is 2.15. The second-order valence-electron chi connectivity index (χ2n) is 4.05. The Labute approximate surface area is 118 Å². The molecule has 0 aromatic rings. The number of hydrogen-bond donors (Lipinski definition) is 1. The van der Waals surface area contributed by atoms with Crippen molar-refractivity contribution in [3.8, 4) is 0 Å². The first-order valence-corrected chi connectivity index (χ1v) is 7.57. The Morgan fingerprint density at radius 2 is 1.68 bits per heavy atom. The molecule has 1 N–H and O–H groups in total. The van der Waals surface area contributed by atoms with E-state index in [1.54, 1.807) is 6.08 Å². The lowest BCUT2D eigenvalue weighted by Crippen LogP contribution is -2.18. The Morgan fingerprint density at radius 1 is 1.05 bits per heavy atom. The molecule has 1 fully saturated rings. The van der Waals surface area contributed by atoms with E-state index in [-0.39, 0.29) is 17.7 Å². The highest BCUT2D eigenvalue weighted by Crippen LogP contribution is 2.13. The number of aliphatic hydroxyl groups excluding tert-OH is 1. The highest BCUT2D eigenvalue weighted by atomic mass is 16.3. The zero-order valence-corrected chi connectivity index (χ0v) is 12.9. The average molecular weight is 270 g/mol. The maximum absolute atomic E-state index is 10.5. The molecule has 2 aliphatic rings. The van der Waals surface area contributed by atoms with Crippen molar-refractivity contribution in [3.05, 3.63) is 12.2 Å². The minimum atomic E-state index is -0.337. The predicted molar refractivity (Wildman–Crippen MR) is 80.2 cm³/mol. The first kappa shape index (κ1) is 20.4. The van der Waals surface area contributed by atoms with Crippen molar-refractivity contribution in [3.63, 3.8) is 0 Å². The summed E-state index contributed by atoms with van der Waals surface area (Å²) in [6.07, 6.45) is 8.92. The van der Waals surface area contributed by atoms with Crippen LogP contribution in [-0.2, 0) is 9.59 Å². The predicted octanol–water partition coefficient (Wildman–Crippen LogP) is 3.84. The van der Waals surface area contributed by atoms with Gasteiger partial charge in [-0.1, -0.05) is 33.8 Å². The number of hydrogen-bond acceptors (Lipinski definition) is 3. The number of carbonyl (C=O) groups excluding carboxylic acids is 2. The maximum atomic E-state index is 10.5. The van der Waals surface area contributed by atoms with Gasteiger partial charge in [0.1, 0.15) is 5.78 Å². The largest absolute Gasteiger partial charge is 0.393 e. The van der Waals surface area contributed by atoms with Gasteiger partial charge in [-0.05, 0) is 31.8 Å². The molecule has 0 spiro atoms. The van der Waals surface area contributed by atoms with Crippen molar-refractivity contribution in [2.24, 2.45) is 0 Å². The molecule has 1 saturated carbocycles. The van der Waals surface area contributed by atoms with E-state index in [2.05, 4.69) is 0 Å². The zero-order valence-electron chi connectivity index (χ0n) is 12.9. The van der Waals surface area contributed by atoms with Gasteiger partial charge in [0.05, 0.1) is 6.10 Å². The van der Waals surface area contributed by atoms with Crippen LogP contribution in [0.15, 0.2) is 12.2 Å². The minimum absolute atomic E-state index is 0.212. The van der Waals surface area contributed by atoms with E-state index in [0.717, 1.165) is 32.1 Å². The second kappa shape index (κ2) is 15.1. The van der Waals surface area contributed by atoms with Crippen LogP contribution in [0.1, 0.15) is 72.6 Å². The number of carbonyl (C=O) groups is 2. The Hall–Kier alpha value is -0.960. The Morgan fingerprint density at radius 3 is 1.95 bits per heavy atom. The average Bonchev–Trinajstić information content (AvgIpc) is 2.44. The van der Waals surface area contributed by atoms with Crippen LogP contribution in [0.5, 0.6) is 0 Å². The standard InChI is InChI=1S/C6H10O2.C6H8O.2C2H6/c7-5-2-1-3-6(8)4-5;7-6-4-2-1-3-5-6;2*1-2/h5,7H,1-4H2;2,4H,1,3,5H2;2*1-2H3. The molecule has 0 aromatic heterocycles. The number of rotatable bonds is 0. The summed E-state index contributed by atoms with van der Waals surface area (Å²) in [5.74, 6) is 0.495. The molecule has 0 aliphatic heterocycles. The molecule has 1 atom stereocenters. The van der Waals surface area contributed by atoms with E-state index < -0.39 is 0 Å². The van der Waals surface area contributed by atoms with Crippen LogP contribution < -0.4 is 0 Å². The van der Waals surface area contributed by atoms with Crippen LogP contribution in [0, 0.1) is 0 Å². The van der Waals surface area contributed by atoms with Gasteiger partial charge in [0.2, 0.25) is 0 Å². The molecule has 0 aromatic carbocycles. The molecule has 0 radical (unpaired) electrons. The first-order valence-electron chi connectivity index (χ1n) is 7.57. The van der Waals surface area contributed by atoms with Crippen LogP contribution in [0.2, 0.25) is 0 Å². The van der Waals surface area contributed by atoms with Crippen molar-refractivity contribution in [2.75, 3.05) is 0 Å². The third-order valence-corrected chi connectivity index (χ3v) is 2.55. The van der Waals surface area contributed by atoms with Crippen LogP contribution in [0.3, 0.4) is 0 Å². The SMILES string of the molecule is CC.CC.O=C1C=CCCC1.O=C1CCCC(O)C1. The summed E-state index contributed by atoms with van der Waals surface area (Å²) in [6.45, 7) is 8.00. The summed E-state index contributed by atoms with van der Waals surface area (Å²) in [7, 11) is 0. The van der Waals surface area contributed by atoms with Crippen LogP contribution >= 0.6 is 0 Å². The lowest BCUT2D eigenvalue weighted by atomic mass is 9.97. The van der Waals surface area contributed by atoms with Gasteiger partial charge >= 0.3 is 0 Å². The molecule has 3 nitrogen and oxygen atoms in total. The van der Waals surface area contributed by atoms with Gasteiger partial charge in [0, 0.05) is 19.3 Å². The third-order valence-electron chi connectivity index (χ3n) is 2.55. The molecule has 19 heavy (non-hydrogen) atoms. The summed E-state index contributed by atoms with van der Waals surface area (Å²) < 4.78 is 0. The molecule has 2 rings (SSSR count). The van der Waals surface area contributed by atoms with Crippen LogP contribution in [-0.4, -0.2) is 22.8 Å². The Bertz CT molecular complexity index is 257. The fourth-order valence-corrected chi connectivity index (χ4v) is 1.69. The van der Waals surface area contributed by atoms with E-state index >= 15 is 0 Å². The second-order valence-corrected chi connectivity index (χ2v) is 4.05.